The van der Waals surface area contributed by atoms with E-state index in [0.717, 1.165) is 18.5 Å². The van der Waals surface area contributed by atoms with Gasteiger partial charge in [0.05, 0.1) is 5.75 Å². The molecule has 1 aromatic rings. The van der Waals surface area contributed by atoms with E-state index < -0.39 is 0 Å². The molecule has 100 valence electrons. The van der Waals surface area contributed by atoms with Crippen LogP contribution in [0.5, 0.6) is 0 Å². The number of nitrogens with one attached hydrogen (secondary N) is 1. The highest BCUT2D eigenvalue weighted by Crippen LogP contribution is 2.15. The fourth-order valence-electron chi connectivity index (χ4n) is 1.60. The Morgan fingerprint density at radius 2 is 2.28 bits per heavy atom. The zero-order valence-corrected chi connectivity index (χ0v) is 11.9. The lowest BCUT2D eigenvalue weighted by Crippen LogP contribution is -2.17. The van der Waals surface area contributed by atoms with Crippen LogP contribution in [0.4, 0.5) is 5.69 Å². The Labute approximate surface area is 114 Å². The van der Waals surface area contributed by atoms with Gasteiger partial charge < -0.3 is 11.1 Å². The molecule has 0 bridgehead atoms. The zero-order chi connectivity index (χ0) is 13.4. The molecule has 3 N–H and O–H groups in total. The summed E-state index contributed by atoms with van der Waals surface area (Å²) in [6.07, 6.45) is 1.93. The Balaban J connectivity index is 2.39. The van der Waals surface area contributed by atoms with Crippen LogP contribution >= 0.6 is 11.8 Å². The van der Waals surface area contributed by atoms with Gasteiger partial charge in [-0.15, -0.1) is 11.8 Å². The van der Waals surface area contributed by atoms with E-state index in [4.69, 9.17) is 5.73 Å². The third-order valence-electron chi connectivity index (χ3n) is 2.69. The Morgan fingerprint density at radius 3 is 2.94 bits per heavy atom. The van der Waals surface area contributed by atoms with Crippen molar-refractivity contribution < 1.29 is 4.79 Å². The summed E-state index contributed by atoms with van der Waals surface area (Å²) < 4.78 is 0. The van der Waals surface area contributed by atoms with Crippen LogP contribution < -0.4 is 11.1 Å². The number of aryl methyl sites for hydroxylation is 1. The molecule has 0 fully saturated rings. The topological polar surface area (TPSA) is 55.1 Å². The molecule has 0 aliphatic rings. The van der Waals surface area contributed by atoms with Crippen molar-refractivity contribution in [1.29, 1.82) is 0 Å². The van der Waals surface area contributed by atoms with Crippen LogP contribution in [-0.2, 0) is 11.2 Å². The molecule has 0 spiro atoms. The molecular weight excluding hydrogens is 244 g/mol. The number of hydrogen-bond donors (Lipinski definition) is 2. The van der Waals surface area contributed by atoms with Gasteiger partial charge in [0, 0.05) is 10.9 Å². The molecule has 1 rings (SSSR count). The molecule has 1 unspecified atom stereocenters. The number of nitrogens with two attached hydrogens (primary N) is 1. The summed E-state index contributed by atoms with van der Waals surface area (Å²) in [5.74, 6) is 0.537. The minimum Gasteiger partial charge on any atom is -0.330 e. The fraction of sp³-hybridized carbons (Fsp3) is 0.500. The van der Waals surface area contributed by atoms with Crippen LogP contribution in [-0.4, -0.2) is 23.5 Å². The van der Waals surface area contributed by atoms with Crippen molar-refractivity contribution in [3.63, 3.8) is 0 Å². The second-order valence-corrected chi connectivity index (χ2v) is 5.73. The van der Waals surface area contributed by atoms with Crippen molar-refractivity contribution in [2.45, 2.75) is 31.9 Å². The number of thioether (sulfide) groups is 1. The highest BCUT2D eigenvalue weighted by atomic mass is 32.2. The summed E-state index contributed by atoms with van der Waals surface area (Å²) in [6.45, 7) is 4.88. The first kappa shape index (κ1) is 15.1. The maximum atomic E-state index is 11.8. The molecule has 0 heterocycles. The summed E-state index contributed by atoms with van der Waals surface area (Å²) in [5.41, 5.74) is 7.59. The molecule has 3 nitrogen and oxygen atoms in total. The number of amides is 1. The molecule has 18 heavy (non-hydrogen) atoms. The van der Waals surface area contributed by atoms with Crippen molar-refractivity contribution in [1.82, 2.24) is 0 Å². The quantitative estimate of drug-likeness (QED) is 0.797. The third-order valence-corrected chi connectivity index (χ3v) is 3.92. The highest BCUT2D eigenvalue weighted by molar-refractivity contribution is 8.00. The number of anilines is 1. The molecule has 0 radical (unpaired) electrons. The van der Waals surface area contributed by atoms with Gasteiger partial charge in [0.15, 0.2) is 0 Å². The average molecular weight is 266 g/mol. The van der Waals surface area contributed by atoms with E-state index >= 15 is 0 Å². The zero-order valence-electron chi connectivity index (χ0n) is 11.1. The standard InChI is InChI=1S/C14H22N2OS/c1-3-12-5-4-6-13(9-12)16-14(17)10-18-11(2)7-8-15/h4-6,9,11H,3,7-8,10,15H2,1-2H3,(H,16,17). The van der Waals surface area contributed by atoms with E-state index in [1.54, 1.807) is 11.8 Å². The predicted octanol–water partition coefficient (Wildman–Crippen LogP) is 2.66. The maximum absolute atomic E-state index is 11.8. The number of rotatable bonds is 7. The summed E-state index contributed by atoms with van der Waals surface area (Å²) >= 11 is 1.65. The number of carbonyl (C=O) groups excluding carboxylic acids is 1. The number of carbonyl (C=O) groups is 1. The molecule has 0 saturated carbocycles. The molecule has 0 aromatic heterocycles. The minimum absolute atomic E-state index is 0.0529. The van der Waals surface area contributed by atoms with Gasteiger partial charge in [0.1, 0.15) is 0 Å². The maximum Gasteiger partial charge on any atom is 0.234 e. The van der Waals surface area contributed by atoms with Crippen LogP contribution in [0.3, 0.4) is 0 Å². The van der Waals surface area contributed by atoms with Crippen LogP contribution in [0.15, 0.2) is 24.3 Å². The van der Waals surface area contributed by atoms with Crippen molar-refractivity contribution in [3.8, 4) is 0 Å². The van der Waals surface area contributed by atoms with E-state index in [0.29, 0.717) is 17.5 Å². The second-order valence-electron chi connectivity index (χ2n) is 4.30. The first-order valence-electron chi connectivity index (χ1n) is 6.36. The summed E-state index contributed by atoms with van der Waals surface area (Å²) in [6, 6.07) is 7.98. The molecule has 0 aliphatic heterocycles. The van der Waals surface area contributed by atoms with Gasteiger partial charge >= 0.3 is 0 Å². The molecule has 4 heteroatoms. The van der Waals surface area contributed by atoms with Crippen molar-refractivity contribution in [2.75, 3.05) is 17.6 Å². The largest absolute Gasteiger partial charge is 0.330 e. The Hall–Kier alpha value is -1.00. The summed E-state index contributed by atoms with van der Waals surface area (Å²) in [7, 11) is 0. The van der Waals surface area contributed by atoms with Gasteiger partial charge in [-0.25, -0.2) is 0 Å². The normalized spacial score (nSPS) is 12.2. The van der Waals surface area contributed by atoms with E-state index in [1.807, 2.05) is 18.2 Å². The van der Waals surface area contributed by atoms with Gasteiger partial charge in [0.2, 0.25) is 5.91 Å². The molecule has 1 aromatic carbocycles. The summed E-state index contributed by atoms with van der Waals surface area (Å²) in [4.78, 5) is 11.8. The monoisotopic (exact) mass is 266 g/mol. The minimum atomic E-state index is 0.0529. The van der Waals surface area contributed by atoms with Gasteiger partial charge in [-0.1, -0.05) is 26.0 Å². The fourth-order valence-corrected chi connectivity index (χ4v) is 2.41. The molecular formula is C14H22N2OS. The Morgan fingerprint density at radius 1 is 1.50 bits per heavy atom. The summed E-state index contributed by atoms with van der Waals surface area (Å²) in [5, 5.41) is 3.36. The third kappa shape index (κ3) is 5.56. The molecule has 1 amide bonds. The Kier molecular flexibility index (Phi) is 6.83. The van der Waals surface area contributed by atoms with Crippen molar-refractivity contribution in [3.05, 3.63) is 29.8 Å². The molecule has 0 aliphatic carbocycles. The molecule has 0 saturated heterocycles. The average Bonchev–Trinajstić information content (AvgIpc) is 2.37. The SMILES string of the molecule is CCc1cccc(NC(=O)CSC(C)CCN)c1. The van der Waals surface area contributed by atoms with Crippen LogP contribution in [0.1, 0.15) is 25.8 Å². The van der Waals surface area contributed by atoms with Crippen LogP contribution in [0.2, 0.25) is 0 Å². The Bertz CT molecular complexity index is 382. The number of benzene rings is 1. The molecule has 1 atom stereocenters. The van der Waals surface area contributed by atoms with Gasteiger partial charge in [0.25, 0.3) is 0 Å². The second kappa shape index (κ2) is 8.16. The smallest absolute Gasteiger partial charge is 0.234 e. The lowest BCUT2D eigenvalue weighted by molar-refractivity contribution is -0.113. The van der Waals surface area contributed by atoms with E-state index in [1.165, 1.54) is 5.56 Å². The van der Waals surface area contributed by atoms with Crippen LogP contribution in [0.25, 0.3) is 0 Å². The van der Waals surface area contributed by atoms with E-state index in [-0.39, 0.29) is 5.91 Å². The lowest BCUT2D eigenvalue weighted by Gasteiger charge is -2.10. The van der Waals surface area contributed by atoms with Gasteiger partial charge in [-0.05, 0) is 37.1 Å². The van der Waals surface area contributed by atoms with Gasteiger partial charge in [-0.2, -0.15) is 0 Å². The van der Waals surface area contributed by atoms with Crippen molar-refractivity contribution in [2.24, 2.45) is 5.73 Å². The first-order chi connectivity index (χ1) is 8.65. The van der Waals surface area contributed by atoms with Gasteiger partial charge in [-0.3, -0.25) is 4.79 Å². The predicted molar refractivity (Wildman–Crippen MR) is 80.0 cm³/mol. The first-order valence-corrected chi connectivity index (χ1v) is 7.41. The lowest BCUT2D eigenvalue weighted by atomic mass is 10.1. The van der Waals surface area contributed by atoms with E-state index in [2.05, 4.69) is 25.2 Å². The van der Waals surface area contributed by atoms with Crippen molar-refractivity contribution >= 4 is 23.4 Å². The number of hydrogen-bond acceptors (Lipinski definition) is 3. The highest BCUT2D eigenvalue weighted by Gasteiger charge is 2.07. The van der Waals surface area contributed by atoms with Crippen LogP contribution in [0, 0.1) is 0 Å². The van der Waals surface area contributed by atoms with E-state index in [9.17, 15) is 4.79 Å².